The van der Waals surface area contributed by atoms with Gasteiger partial charge in [0, 0.05) is 21.5 Å². The molecule has 0 radical (unpaired) electrons. The van der Waals surface area contributed by atoms with Crippen molar-refractivity contribution in [1.82, 2.24) is 0 Å². The van der Waals surface area contributed by atoms with Crippen LogP contribution < -0.4 is 10.0 Å². The van der Waals surface area contributed by atoms with Gasteiger partial charge in [0.1, 0.15) is 0 Å². The van der Waals surface area contributed by atoms with Crippen molar-refractivity contribution in [2.45, 2.75) is 18.2 Å². The number of hydrogen-bond donors (Lipinski definition) is 2. The molecule has 2 aromatic carbocycles. The number of benzene rings is 2. The molecule has 0 aliphatic carbocycles. The molecule has 0 aliphatic rings. The molecule has 0 unspecified atom stereocenters. The molecule has 0 fully saturated rings. The third kappa shape index (κ3) is 4.60. The molecule has 0 spiro atoms. The predicted molar refractivity (Wildman–Crippen MR) is 95.2 cm³/mol. The van der Waals surface area contributed by atoms with Crippen LogP contribution in [0, 0.1) is 3.57 Å². The molecule has 0 aromatic heterocycles. The summed E-state index contributed by atoms with van der Waals surface area (Å²) >= 11 is 2.15. The number of nitrogens with one attached hydrogen (secondary N) is 2. The molecule has 21 heavy (non-hydrogen) atoms. The minimum absolute atomic E-state index is 0.253. The van der Waals surface area contributed by atoms with Crippen molar-refractivity contribution < 1.29 is 8.42 Å². The number of sulfonamides is 1. The van der Waals surface area contributed by atoms with Crippen molar-refractivity contribution in [2.75, 3.05) is 16.6 Å². The lowest BCUT2D eigenvalue weighted by Gasteiger charge is -2.10. The Kier molecular flexibility index (Phi) is 5.46. The fraction of sp³-hybridized carbons (Fsp3) is 0.200. The van der Waals surface area contributed by atoms with E-state index in [1.54, 1.807) is 36.4 Å². The van der Waals surface area contributed by atoms with E-state index in [9.17, 15) is 8.42 Å². The molecule has 0 saturated heterocycles. The summed E-state index contributed by atoms with van der Waals surface area (Å²) in [7, 11) is -3.55. The van der Waals surface area contributed by atoms with Gasteiger partial charge >= 0.3 is 0 Å². The standard InChI is InChI=1S/C15H17IN2O2S/c1-2-10-17-13-6-8-15(9-7-13)21(19,20)18-14-5-3-4-12(16)11-14/h3-9,11,17-18H,2,10H2,1H3. The Hall–Kier alpha value is -1.28. The Morgan fingerprint density at radius 3 is 2.38 bits per heavy atom. The van der Waals surface area contributed by atoms with E-state index in [0.717, 1.165) is 22.2 Å². The summed E-state index contributed by atoms with van der Waals surface area (Å²) in [6, 6.07) is 14.0. The van der Waals surface area contributed by atoms with Crippen molar-refractivity contribution >= 4 is 44.0 Å². The van der Waals surface area contributed by atoms with Gasteiger partial charge in [-0.1, -0.05) is 13.0 Å². The van der Waals surface area contributed by atoms with Crippen molar-refractivity contribution in [3.63, 3.8) is 0 Å². The zero-order chi connectivity index (χ0) is 15.3. The predicted octanol–water partition coefficient (Wildman–Crippen LogP) is 3.91. The minimum atomic E-state index is -3.55. The van der Waals surface area contributed by atoms with E-state index in [1.165, 1.54) is 0 Å². The molecule has 2 N–H and O–H groups in total. The van der Waals surface area contributed by atoms with Gasteiger partial charge in [-0.05, 0) is 71.5 Å². The Labute approximate surface area is 139 Å². The van der Waals surface area contributed by atoms with Gasteiger partial charge in [0.15, 0.2) is 0 Å². The highest BCUT2D eigenvalue weighted by Gasteiger charge is 2.13. The van der Waals surface area contributed by atoms with Gasteiger partial charge in [-0.3, -0.25) is 4.72 Å². The molecule has 0 heterocycles. The fourth-order valence-corrected chi connectivity index (χ4v) is 3.38. The van der Waals surface area contributed by atoms with E-state index in [4.69, 9.17) is 0 Å². The molecule has 0 amide bonds. The zero-order valence-electron chi connectivity index (χ0n) is 11.6. The summed E-state index contributed by atoms with van der Waals surface area (Å²) in [5, 5.41) is 3.21. The monoisotopic (exact) mass is 416 g/mol. The lowest BCUT2D eigenvalue weighted by Crippen LogP contribution is -2.13. The highest BCUT2D eigenvalue weighted by Crippen LogP contribution is 2.19. The summed E-state index contributed by atoms with van der Waals surface area (Å²) in [5.41, 5.74) is 1.49. The average Bonchev–Trinajstić information content (AvgIpc) is 2.45. The van der Waals surface area contributed by atoms with Gasteiger partial charge < -0.3 is 5.32 Å². The minimum Gasteiger partial charge on any atom is -0.385 e. The quantitative estimate of drug-likeness (QED) is 0.703. The van der Waals surface area contributed by atoms with Gasteiger partial charge in [-0.2, -0.15) is 0 Å². The van der Waals surface area contributed by atoms with Crippen LogP contribution >= 0.6 is 22.6 Å². The first-order valence-corrected chi connectivity index (χ1v) is 9.20. The summed E-state index contributed by atoms with van der Waals surface area (Å²) in [5.74, 6) is 0. The third-order valence-corrected chi connectivity index (χ3v) is 4.89. The van der Waals surface area contributed by atoms with Crippen LogP contribution in [0.25, 0.3) is 0 Å². The molecular weight excluding hydrogens is 399 g/mol. The Balaban J connectivity index is 2.15. The first-order valence-electron chi connectivity index (χ1n) is 6.63. The SMILES string of the molecule is CCCNc1ccc(S(=O)(=O)Nc2cccc(I)c2)cc1. The van der Waals surface area contributed by atoms with Crippen molar-refractivity contribution in [3.8, 4) is 0 Å². The Morgan fingerprint density at radius 1 is 1.05 bits per heavy atom. The number of hydrogen-bond acceptors (Lipinski definition) is 3. The summed E-state index contributed by atoms with van der Waals surface area (Å²) in [4.78, 5) is 0.253. The molecule has 0 atom stereocenters. The van der Waals surface area contributed by atoms with E-state index < -0.39 is 10.0 Å². The molecule has 4 nitrogen and oxygen atoms in total. The van der Waals surface area contributed by atoms with Crippen LogP contribution in [0.3, 0.4) is 0 Å². The summed E-state index contributed by atoms with van der Waals surface area (Å²) < 4.78 is 28.2. The van der Waals surface area contributed by atoms with Crippen LogP contribution in [0.5, 0.6) is 0 Å². The maximum atomic E-state index is 12.3. The molecular formula is C15H17IN2O2S. The highest BCUT2D eigenvalue weighted by atomic mass is 127. The van der Waals surface area contributed by atoms with Crippen LogP contribution in [0.4, 0.5) is 11.4 Å². The van der Waals surface area contributed by atoms with Crippen molar-refractivity contribution in [3.05, 3.63) is 52.1 Å². The first-order chi connectivity index (χ1) is 10.0. The Bertz CT molecular complexity index is 700. The molecule has 0 aliphatic heterocycles. The van der Waals surface area contributed by atoms with E-state index in [2.05, 4.69) is 39.6 Å². The van der Waals surface area contributed by atoms with Crippen molar-refractivity contribution in [1.29, 1.82) is 0 Å². The molecule has 0 saturated carbocycles. The maximum absolute atomic E-state index is 12.3. The second-order valence-corrected chi connectivity index (χ2v) is 7.50. The van der Waals surface area contributed by atoms with Gasteiger partial charge in [0.05, 0.1) is 4.90 Å². The highest BCUT2D eigenvalue weighted by molar-refractivity contribution is 14.1. The number of rotatable bonds is 6. The second kappa shape index (κ2) is 7.13. The fourth-order valence-electron chi connectivity index (χ4n) is 1.79. The molecule has 6 heteroatoms. The van der Waals surface area contributed by atoms with Crippen LogP contribution in [0.1, 0.15) is 13.3 Å². The number of halogens is 1. The number of anilines is 2. The normalized spacial score (nSPS) is 11.1. The van der Waals surface area contributed by atoms with Crippen molar-refractivity contribution in [2.24, 2.45) is 0 Å². The molecule has 2 rings (SSSR count). The van der Waals surface area contributed by atoms with Gasteiger partial charge in [0.2, 0.25) is 0 Å². The average molecular weight is 416 g/mol. The summed E-state index contributed by atoms with van der Waals surface area (Å²) in [6.07, 6.45) is 1.02. The Morgan fingerprint density at radius 2 is 1.76 bits per heavy atom. The van der Waals surface area contributed by atoms with Gasteiger partial charge in [-0.25, -0.2) is 8.42 Å². The van der Waals surface area contributed by atoms with Crippen LogP contribution in [0.2, 0.25) is 0 Å². The topological polar surface area (TPSA) is 58.2 Å². The molecule has 0 bridgehead atoms. The zero-order valence-corrected chi connectivity index (χ0v) is 14.6. The third-order valence-electron chi connectivity index (χ3n) is 2.82. The van der Waals surface area contributed by atoms with Gasteiger partial charge in [-0.15, -0.1) is 0 Å². The first kappa shape index (κ1) is 16.1. The molecule has 112 valence electrons. The lowest BCUT2D eigenvalue weighted by atomic mass is 10.3. The van der Waals surface area contributed by atoms with E-state index in [1.807, 2.05) is 12.1 Å². The maximum Gasteiger partial charge on any atom is 0.261 e. The molecule has 2 aromatic rings. The summed E-state index contributed by atoms with van der Waals surface area (Å²) in [6.45, 7) is 2.95. The smallest absolute Gasteiger partial charge is 0.261 e. The largest absolute Gasteiger partial charge is 0.385 e. The van der Waals surface area contributed by atoms with E-state index in [0.29, 0.717) is 5.69 Å². The lowest BCUT2D eigenvalue weighted by molar-refractivity contribution is 0.601. The second-order valence-electron chi connectivity index (χ2n) is 4.57. The van der Waals surface area contributed by atoms with Gasteiger partial charge in [0.25, 0.3) is 10.0 Å². The van der Waals surface area contributed by atoms with Crippen LogP contribution in [0.15, 0.2) is 53.4 Å². The van der Waals surface area contributed by atoms with E-state index >= 15 is 0 Å². The van der Waals surface area contributed by atoms with Crippen LogP contribution in [-0.2, 0) is 10.0 Å². The van der Waals surface area contributed by atoms with E-state index in [-0.39, 0.29) is 4.90 Å². The van der Waals surface area contributed by atoms with Crippen LogP contribution in [-0.4, -0.2) is 15.0 Å².